The van der Waals surface area contributed by atoms with Crippen LogP contribution in [0.5, 0.6) is 0 Å². The molecule has 1 saturated carbocycles. The van der Waals surface area contributed by atoms with E-state index in [-0.39, 0.29) is 12.8 Å². The molecule has 0 heterocycles. The van der Waals surface area contributed by atoms with Gasteiger partial charge in [-0.05, 0) is 51.0 Å². The summed E-state index contributed by atoms with van der Waals surface area (Å²) in [6.07, 6.45) is 0.566. The van der Waals surface area contributed by atoms with Crippen LogP contribution >= 0.6 is 0 Å². The molecule has 2 atom stereocenters. The summed E-state index contributed by atoms with van der Waals surface area (Å²) in [5.74, 6) is 0.853. The zero-order valence-corrected chi connectivity index (χ0v) is 10.4. The molecular weight excluding hydrogens is 227 g/mol. The van der Waals surface area contributed by atoms with Gasteiger partial charge >= 0.3 is 6.18 Å². The fourth-order valence-corrected chi connectivity index (χ4v) is 2.87. The van der Waals surface area contributed by atoms with Gasteiger partial charge in [0.05, 0.1) is 0 Å². The van der Waals surface area contributed by atoms with Crippen LogP contribution in [-0.2, 0) is 0 Å². The Hall–Kier alpha value is -0.510. The second-order valence-corrected chi connectivity index (χ2v) is 5.76. The van der Waals surface area contributed by atoms with E-state index in [1.54, 1.807) is 0 Å². The molecular formula is C13H20F3N. The monoisotopic (exact) mass is 247 g/mol. The molecule has 0 aromatic carbocycles. The van der Waals surface area contributed by atoms with Gasteiger partial charge in [-0.25, -0.2) is 0 Å². The second-order valence-electron chi connectivity index (χ2n) is 5.76. The van der Waals surface area contributed by atoms with Crippen molar-refractivity contribution in [2.24, 2.45) is 11.8 Å². The predicted octanol–water partition coefficient (Wildman–Crippen LogP) is 3.66. The van der Waals surface area contributed by atoms with E-state index in [1.807, 2.05) is 0 Å². The molecule has 2 aliphatic rings. The predicted molar refractivity (Wildman–Crippen MR) is 61.7 cm³/mol. The minimum Gasteiger partial charge on any atom is -0.303 e. The highest BCUT2D eigenvalue weighted by Gasteiger charge is 2.63. The lowest BCUT2D eigenvalue weighted by atomic mass is 9.83. The molecule has 0 amide bonds. The Morgan fingerprint density at radius 2 is 2.06 bits per heavy atom. The van der Waals surface area contributed by atoms with E-state index in [9.17, 15) is 13.2 Å². The summed E-state index contributed by atoms with van der Waals surface area (Å²) in [5, 5.41) is 2.77. The summed E-state index contributed by atoms with van der Waals surface area (Å²) >= 11 is 0. The number of hydrogen-bond acceptors (Lipinski definition) is 1. The average Bonchev–Trinajstić information content (AvgIpc) is 2.92. The first kappa shape index (κ1) is 12.9. The number of hydrogen-bond donors (Lipinski definition) is 1. The van der Waals surface area contributed by atoms with Crippen LogP contribution in [0.3, 0.4) is 0 Å². The van der Waals surface area contributed by atoms with Crippen LogP contribution < -0.4 is 5.32 Å². The molecule has 1 N–H and O–H groups in total. The Kier molecular flexibility index (Phi) is 3.27. The van der Waals surface area contributed by atoms with E-state index in [0.717, 1.165) is 12.8 Å². The van der Waals surface area contributed by atoms with Crippen LogP contribution in [0.4, 0.5) is 13.2 Å². The van der Waals surface area contributed by atoms with Crippen LogP contribution in [0.25, 0.3) is 0 Å². The first-order valence-corrected chi connectivity index (χ1v) is 6.31. The molecule has 2 rings (SSSR count). The van der Waals surface area contributed by atoms with Crippen molar-refractivity contribution in [1.82, 2.24) is 5.32 Å². The van der Waals surface area contributed by atoms with E-state index in [0.29, 0.717) is 18.4 Å². The molecule has 0 aliphatic heterocycles. The zero-order chi connectivity index (χ0) is 12.7. The van der Waals surface area contributed by atoms with Crippen molar-refractivity contribution < 1.29 is 13.2 Å². The Morgan fingerprint density at radius 3 is 2.53 bits per heavy atom. The molecule has 0 radical (unpaired) electrons. The van der Waals surface area contributed by atoms with Gasteiger partial charge in [0.25, 0.3) is 0 Å². The summed E-state index contributed by atoms with van der Waals surface area (Å²) in [7, 11) is 0. The minimum atomic E-state index is -4.09. The molecule has 0 spiro atoms. The Morgan fingerprint density at radius 1 is 1.41 bits per heavy atom. The van der Waals surface area contributed by atoms with Gasteiger partial charge in [0, 0.05) is 0 Å². The first-order valence-electron chi connectivity index (χ1n) is 6.31. The Bertz CT molecular complexity index is 315. The van der Waals surface area contributed by atoms with E-state index in [2.05, 4.69) is 25.2 Å². The highest BCUT2D eigenvalue weighted by atomic mass is 19.4. The lowest BCUT2D eigenvalue weighted by Crippen LogP contribution is -2.47. The second kappa shape index (κ2) is 4.30. The van der Waals surface area contributed by atoms with E-state index in [4.69, 9.17) is 0 Å². The van der Waals surface area contributed by atoms with E-state index >= 15 is 0 Å². The fraction of sp³-hybridized carbons (Fsp3) is 0.846. The quantitative estimate of drug-likeness (QED) is 0.750. The van der Waals surface area contributed by atoms with Gasteiger partial charge < -0.3 is 5.32 Å². The van der Waals surface area contributed by atoms with Crippen LogP contribution in [-0.4, -0.2) is 18.3 Å². The topological polar surface area (TPSA) is 12.0 Å². The third-order valence-corrected chi connectivity index (χ3v) is 3.91. The third-order valence-electron chi connectivity index (χ3n) is 3.91. The summed E-state index contributed by atoms with van der Waals surface area (Å²) in [6.45, 7) is 4.70. The molecule has 1 fully saturated rings. The molecule has 0 aromatic rings. The van der Waals surface area contributed by atoms with Crippen LogP contribution in [0.15, 0.2) is 11.6 Å². The molecule has 0 aromatic heterocycles. The molecule has 2 unspecified atom stereocenters. The Balaban J connectivity index is 1.86. The van der Waals surface area contributed by atoms with Gasteiger partial charge in [-0.3, -0.25) is 0 Å². The molecule has 17 heavy (non-hydrogen) atoms. The van der Waals surface area contributed by atoms with Crippen LogP contribution in [0.1, 0.15) is 39.5 Å². The molecule has 1 nitrogen and oxygen atoms in total. The third kappa shape index (κ3) is 2.84. The molecule has 0 bridgehead atoms. The summed E-state index contributed by atoms with van der Waals surface area (Å²) in [4.78, 5) is 0. The largest absolute Gasteiger partial charge is 0.406 e. The number of rotatable bonds is 3. The molecule has 4 heteroatoms. The van der Waals surface area contributed by atoms with Gasteiger partial charge in [-0.15, -0.1) is 0 Å². The van der Waals surface area contributed by atoms with Crippen molar-refractivity contribution >= 4 is 0 Å². The lowest BCUT2D eigenvalue weighted by molar-refractivity contribution is -0.166. The van der Waals surface area contributed by atoms with Gasteiger partial charge in [-0.1, -0.05) is 18.6 Å². The number of alkyl halides is 3. The number of halogens is 3. The van der Waals surface area contributed by atoms with Crippen molar-refractivity contribution in [1.29, 1.82) is 0 Å². The maximum absolute atomic E-state index is 12.7. The highest BCUT2D eigenvalue weighted by Crippen LogP contribution is 2.49. The van der Waals surface area contributed by atoms with Gasteiger partial charge in [0.15, 0.2) is 0 Å². The lowest BCUT2D eigenvalue weighted by Gasteiger charge is -2.28. The smallest absolute Gasteiger partial charge is 0.303 e. The highest BCUT2D eigenvalue weighted by molar-refractivity contribution is 5.10. The van der Waals surface area contributed by atoms with Crippen molar-refractivity contribution in [2.75, 3.05) is 6.54 Å². The fourth-order valence-electron chi connectivity index (χ4n) is 2.87. The number of nitrogens with one attached hydrogen (secondary N) is 1. The van der Waals surface area contributed by atoms with Crippen molar-refractivity contribution in [3.63, 3.8) is 0 Å². The summed E-state index contributed by atoms with van der Waals surface area (Å²) in [5.41, 5.74) is -0.238. The minimum absolute atomic E-state index is 0.244. The summed E-state index contributed by atoms with van der Waals surface area (Å²) < 4.78 is 38.2. The summed E-state index contributed by atoms with van der Waals surface area (Å²) in [6, 6.07) is 0. The van der Waals surface area contributed by atoms with Gasteiger partial charge in [0.1, 0.15) is 5.54 Å². The van der Waals surface area contributed by atoms with Crippen LogP contribution in [0.2, 0.25) is 0 Å². The van der Waals surface area contributed by atoms with Gasteiger partial charge in [0.2, 0.25) is 0 Å². The van der Waals surface area contributed by atoms with E-state index in [1.165, 1.54) is 5.57 Å². The van der Waals surface area contributed by atoms with Crippen molar-refractivity contribution in [3.05, 3.63) is 11.6 Å². The first-order chi connectivity index (χ1) is 7.82. The number of allylic oxidation sites excluding steroid dienone is 2. The molecule has 2 aliphatic carbocycles. The maximum Gasteiger partial charge on any atom is 0.406 e. The Labute approximate surface area is 100 Å². The van der Waals surface area contributed by atoms with Crippen molar-refractivity contribution in [3.8, 4) is 0 Å². The normalized spacial score (nSPS) is 32.2. The van der Waals surface area contributed by atoms with Gasteiger partial charge in [-0.2, -0.15) is 13.2 Å². The molecule has 98 valence electrons. The van der Waals surface area contributed by atoms with Crippen molar-refractivity contribution in [2.45, 2.75) is 51.2 Å². The standard InChI is InChI=1S/C13H20F3N/c1-9-5-10(2)7-11(6-9)8-17-12(3-4-12)13(14,15)16/h5,9,11,17H,3-4,6-8H2,1-2H3. The zero-order valence-electron chi connectivity index (χ0n) is 10.4. The maximum atomic E-state index is 12.7. The van der Waals surface area contributed by atoms with Crippen LogP contribution in [0, 0.1) is 11.8 Å². The molecule has 0 saturated heterocycles. The SMILES string of the molecule is CC1=CC(C)CC(CNC2(C(F)(F)F)CC2)C1. The average molecular weight is 247 g/mol. The van der Waals surface area contributed by atoms with E-state index < -0.39 is 11.7 Å².